The van der Waals surface area contributed by atoms with Crippen molar-refractivity contribution in [2.24, 2.45) is 0 Å². The van der Waals surface area contributed by atoms with E-state index in [2.05, 4.69) is 20.3 Å². The van der Waals surface area contributed by atoms with Crippen molar-refractivity contribution in [2.75, 3.05) is 10.0 Å². The predicted octanol–water partition coefficient (Wildman–Crippen LogP) is 2.82. The van der Waals surface area contributed by atoms with Crippen molar-refractivity contribution < 1.29 is 22.4 Å². The van der Waals surface area contributed by atoms with Crippen molar-refractivity contribution in [1.82, 2.24) is 10.3 Å². The Bertz CT molecular complexity index is 1300. The van der Waals surface area contributed by atoms with Gasteiger partial charge in [-0.25, -0.2) is 13.1 Å². The second kappa shape index (κ2) is 7.73. The Balaban J connectivity index is 1.53. The summed E-state index contributed by atoms with van der Waals surface area (Å²) in [4.78, 5) is 28.2. The van der Waals surface area contributed by atoms with Gasteiger partial charge in [0.1, 0.15) is 5.76 Å². The number of fused-ring (bicyclic) bond motifs is 1. The van der Waals surface area contributed by atoms with Gasteiger partial charge in [0.25, 0.3) is 21.8 Å². The van der Waals surface area contributed by atoms with E-state index in [-0.39, 0.29) is 10.9 Å². The molecule has 1 aromatic heterocycles. The third-order valence-corrected chi connectivity index (χ3v) is 6.07. The number of sulfonamides is 1. The molecule has 3 aromatic rings. The van der Waals surface area contributed by atoms with Crippen molar-refractivity contribution in [3.8, 4) is 0 Å². The molecule has 0 spiro atoms. The van der Waals surface area contributed by atoms with E-state index in [1.807, 2.05) is 0 Å². The number of oxazole rings is 1. The fourth-order valence-electron chi connectivity index (χ4n) is 3.00. The van der Waals surface area contributed by atoms with Gasteiger partial charge in [0.05, 0.1) is 16.2 Å². The van der Waals surface area contributed by atoms with Gasteiger partial charge in [0.15, 0.2) is 0 Å². The largest absolute Gasteiger partial charge is 0.428 e. The molecule has 3 N–H and O–H groups in total. The molecule has 4 rings (SSSR count). The second-order valence-electron chi connectivity index (χ2n) is 6.82. The average Bonchev–Trinajstić information content (AvgIpc) is 3.04. The molecular weight excluding hydrogens is 420 g/mol. The van der Waals surface area contributed by atoms with Crippen LogP contribution in [-0.2, 0) is 14.8 Å². The predicted molar refractivity (Wildman–Crippen MR) is 114 cm³/mol. The standard InChI is InChI=1S/C21H18N4O5S/c1-12-13(2)30-21(23-12)25-31(28,29)15-9-7-14(8-10-15)22-11-18-16-5-3-4-6-17(16)19(26)24-20(18)27/h3-11,22H,1-2H3,(H,23,25)(H,24,26,27)/b18-11-. The summed E-state index contributed by atoms with van der Waals surface area (Å²) in [7, 11) is -3.87. The Morgan fingerprint density at radius 1 is 0.968 bits per heavy atom. The zero-order valence-electron chi connectivity index (χ0n) is 16.6. The van der Waals surface area contributed by atoms with E-state index >= 15 is 0 Å². The zero-order chi connectivity index (χ0) is 22.2. The molecule has 2 heterocycles. The summed E-state index contributed by atoms with van der Waals surface area (Å²) in [5.74, 6) is -0.437. The number of benzene rings is 2. The summed E-state index contributed by atoms with van der Waals surface area (Å²) in [5.41, 5.74) is 2.36. The quantitative estimate of drug-likeness (QED) is 0.412. The average molecular weight is 438 g/mol. The van der Waals surface area contributed by atoms with Crippen LogP contribution in [0.25, 0.3) is 5.57 Å². The van der Waals surface area contributed by atoms with Crippen LogP contribution in [0, 0.1) is 13.8 Å². The molecule has 2 amide bonds. The third-order valence-electron chi connectivity index (χ3n) is 4.73. The highest BCUT2D eigenvalue weighted by molar-refractivity contribution is 7.92. The maximum atomic E-state index is 12.5. The van der Waals surface area contributed by atoms with E-state index in [0.29, 0.717) is 33.8 Å². The van der Waals surface area contributed by atoms with Gasteiger partial charge in [-0.1, -0.05) is 18.2 Å². The summed E-state index contributed by atoms with van der Waals surface area (Å²) >= 11 is 0. The molecule has 0 radical (unpaired) electrons. The van der Waals surface area contributed by atoms with E-state index in [1.165, 1.54) is 18.3 Å². The highest BCUT2D eigenvalue weighted by Crippen LogP contribution is 2.24. The SMILES string of the molecule is Cc1nc(NS(=O)(=O)c2ccc(N/C=C3\C(=O)NC(=O)c4ccccc43)cc2)oc1C. The molecule has 1 aliphatic rings. The lowest BCUT2D eigenvalue weighted by molar-refractivity contribution is -0.114. The monoisotopic (exact) mass is 438 g/mol. The number of hydrogen-bond acceptors (Lipinski definition) is 7. The number of carbonyl (C=O) groups excluding carboxylic acids is 2. The maximum absolute atomic E-state index is 12.5. The molecule has 0 unspecified atom stereocenters. The van der Waals surface area contributed by atoms with E-state index < -0.39 is 21.8 Å². The minimum Gasteiger partial charge on any atom is -0.428 e. The highest BCUT2D eigenvalue weighted by atomic mass is 32.2. The lowest BCUT2D eigenvalue weighted by atomic mass is 9.96. The van der Waals surface area contributed by atoms with Crippen LogP contribution in [0.2, 0.25) is 0 Å². The minimum absolute atomic E-state index is 0.0190. The smallest absolute Gasteiger partial charge is 0.309 e. The Labute approximate surface area is 178 Å². The normalized spacial score (nSPS) is 14.8. The van der Waals surface area contributed by atoms with Gasteiger partial charge in [-0.15, -0.1) is 0 Å². The summed E-state index contributed by atoms with van der Waals surface area (Å²) < 4.78 is 32.6. The molecule has 0 saturated carbocycles. The van der Waals surface area contributed by atoms with Crippen LogP contribution in [-0.4, -0.2) is 25.2 Å². The Morgan fingerprint density at radius 3 is 2.29 bits per heavy atom. The van der Waals surface area contributed by atoms with Crippen LogP contribution < -0.4 is 15.4 Å². The van der Waals surface area contributed by atoms with Crippen LogP contribution in [0.1, 0.15) is 27.4 Å². The van der Waals surface area contributed by atoms with Gasteiger partial charge >= 0.3 is 6.01 Å². The first-order valence-corrected chi connectivity index (χ1v) is 10.7. The third kappa shape index (κ3) is 4.05. The van der Waals surface area contributed by atoms with Gasteiger partial charge in [-0.05, 0) is 44.2 Å². The van der Waals surface area contributed by atoms with Crippen LogP contribution in [0.3, 0.4) is 0 Å². The van der Waals surface area contributed by atoms with Crippen molar-refractivity contribution >= 4 is 39.1 Å². The van der Waals surface area contributed by atoms with E-state index in [9.17, 15) is 18.0 Å². The van der Waals surface area contributed by atoms with E-state index in [1.54, 1.807) is 50.2 Å². The van der Waals surface area contributed by atoms with Crippen molar-refractivity contribution in [1.29, 1.82) is 0 Å². The molecule has 0 atom stereocenters. The topological polar surface area (TPSA) is 130 Å². The van der Waals surface area contributed by atoms with Gasteiger partial charge in [0.2, 0.25) is 0 Å². The van der Waals surface area contributed by atoms with E-state index in [0.717, 1.165) is 0 Å². The van der Waals surface area contributed by atoms with Gasteiger partial charge in [0, 0.05) is 23.0 Å². The first-order valence-electron chi connectivity index (χ1n) is 9.23. The number of nitrogens with one attached hydrogen (secondary N) is 3. The molecule has 31 heavy (non-hydrogen) atoms. The molecule has 2 aromatic carbocycles. The first-order chi connectivity index (χ1) is 14.7. The van der Waals surface area contributed by atoms with E-state index in [4.69, 9.17) is 4.42 Å². The molecule has 0 aliphatic carbocycles. The number of aryl methyl sites for hydroxylation is 2. The Morgan fingerprint density at radius 2 is 1.65 bits per heavy atom. The summed E-state index contributed by atoms with van der Waals surface area (Å²) in [6, 6.07) is 12.6. The van der Waals surface area contributed by atoms with Crippen molar-refractivity contribution in [3.05, 3.63) is 77.3 Å². The number of imide groups is 1. The molecule has 10 heteroatoms. The molecular formula is C21H18N4O5S. The fourth-order valence-corrected chi connectivity index (χ4v) is 3.92. The van der Waals surface area contributed by atoms with Gasteiger partial charge < -0.3 is 9.73 Å². The number of hydrogen-bond donors (Lipinski definition) is 3. The highest BCUT2D eigenvalue weighted by Gasteiger charge is 2.26. The molecule has 0 fully saturated rings. The first kappa shape index (κ1) is 20.4. The van der Waals surface area contributed by atoms with Gasteiger partial charge in [-0.2, -0.15) is 4.98 Å². The molecule has 158 valence electrons. The minimum atomic E-state index is -3.87. The Kier molecular flexibility index (Phi) is 5.07. The number of amides is 2. The van der Waals surface area contributed by atoms with Gasteiger partial charge in [-0.3, -0.25) is 14.9 Å². The maximum Gasteiger partial charge on any atom is 0.309 e. The van der Waals surface area contributed by atoms with Crippen LogP contribution in [0.15, 0.2) is 64.0 Å². The lowest BCUT2D eigenvalue weighted by Crippen LogP contribution is -2.36. The van der Waals surface area contributed by atoms with Crippen LogP contribution >= 0.6 is 0 Å². The summed E-state index contributed by atoms with van der Waals surface area (Å²) in [6.45, 7) is 3.41. The number of anilines is 2. The molecule has 1 aliphatic heterocycles. The summed E-state index contributed by atoms with van der Waals surface area (Å²) in [5, 5.41) is 5.25. The fraction of sp³-hybridized carbons (Fsp3) is 0.0952. The number of aromatic nitrogens is 1. The van der Waals surface area contributed by atoms with Crippen molar-refractivity contribution in [2.45, 2.75) is 18.7 Å². The zero-order valence-corrected chi connectivity index (χ0v) is 17.4. The van der Waals surface area contributed by atoms with Crippen molar-refractivity contribution in [3.63, 3.8) is 0 Å². The Hall–Kier alpha value is -3.92. The molecule has 0 saturated heterocycles. The van der Waals surface area contributed by atoms with Crippen LogP contribution in [0.4, 0.5) is 11.7 Å². The number of carbonyl (C=O) groups is 2. The second-order valence-corrected chi connectivity index (χ2v) is 8.50. The summed E-state index contributed by atoms with van der Waals surface area (Å²) in [6.07, 6.45) is 1.47. The number of nitrogens with zero attached hydrogens (tertiary/aromatic N) is 1. The van der Waals surface area contributed by atoms with Crippen LogP contribution in [0.5, 0.6) is 0 Å². The molecule has 9 nitrogen and oxygen atoms in total. The lowest BCUT2D eigenvalue weighted by Gasteiger charge is -2.18. The number of rotatable bonds is 5. The molecule has 0 bridgehead atoms.